The molecule has 1 aromatic heterocycles. The number of benzene rings is 1. The van der Waals surface area contributed by atoms with Crippen LogP contribution in [0.2, 0.25) is 0 Å². The fraction of sp³-hybridized carbons (Fsp3) is 0.312. The lowest BCUT2D eigenvalue weighted by Crippen LogP contribution is -2.46. The number of ether oxygens (including phenoxy) is 1. The van der Waals surface area contributed by atoms with Gasteiger partial charge in [-0.25, -0.2) is 14.0 Å². The topological polar surface area (TPSA) is 84.5 Å². The molecular formula is C16H17FN2O4S. The summed E-state index contributed by atoms with van der Waals surface area (Å²) >= 11 is 1.07. The first kappa shape index (κ1) is 17.9. The molecule has 1 unspecified atom stereocenters. The van der Waals surface area contributed by atoms with Crippen molar-refractivity contribution in [3.05, 3.63) is 35.0 Å². The molecule has 1 atom stereocenters. The van der Waals surface area contributed by atoms with Crippen LogP contribution < -0.4 is 10.6 Å². The molecule has 0 radical (unpaired) electrons. The van der Waals surface area contributed by atoms with Gasteiger partial charge < -0.3 is 10.1 Å². The lowest BCUT2D eigenvalue weighted by atomic mass is 10.2. The Morgan fingerprint density at radius 2 is 1.92 bits per heavy atom. The quantitative estimate of drug-likeness (QED) is 0.829. The molecule has 1 aromatic carbocycles. The lowest BCUT2D eigenvalue weighted by Gasteiger charge is -2.13. The zero-order valence-corrected chi connectivity index (χ0v) is 14.2. The van der Waals surface area contributed by atoms with Crippen molar-refractivity contribution < 1.29 is 23.5 Å². The Kier molecular flexibility index (Phi) is 5.50. The third-order valence-corrected chi connectivity index (χ3v) is 4.10. The van der Waals surface area contributed by atoms with E-state index in [2.05, 4.69) is 10.6 Å². The van der Waals surface area contributed by atoms with Gasteiger partial charge in [0, 0.05) is 16.1 Å². The van der Waals surface area contributed by atoms with Crippen molar-refractivity contribution in [1.82, 2.24) is 10.6 Å². The molecule has 0 aliphatic carbocycles. The average Bonchev–Trinajstić information content (AvgIpc) is 2.91. The number of halogens is 1. The van der Waals surface area contributed by atoms with E-state index < -0.39 is 29.8 Å². The third-order valence-electron chi connectivity index (χ3n) is 3.02. The summed E-state index contributed by atoms with van der Waals surface area (Å²) in [6, 6.07) is 5.12. The van der Waals surface area contributed by atoms with Crippen LogP contribution in [0.5, 0.6) is 0 Å². The normalized spacial score (nSPS) is 12.0. The SMILES string of the molecule is CC(C)NC(=O)NC(=O)C(C)OC(=O)c1cc2c(F)cccc2s1. The Labute approximate surface area is 142 Å². The third kappa shape index (κ3) is 4.29. The van der Waals surface area contributed by atoms with Crippen molar-refractivity contribution in [3.8, 4) is 0 Å². The standard InChI is InChI=1S/C16H17FN2O4S/c1-8(2)18-16(22)19-14(20)9(3)23-15(21)13-7-10-11(17)5-4-6-12(10)24-13/h4-9H,1-3H3,(H2,18,19,20,22). The van der Waals surface area contributed by atoms with Gasteiger partial charge in [-0.2, -0.15) is 0 Å². The molecule has 8 heteroatoms. The fourth-order valence-corrected chi connectivity index (χ4v) is 2.87. The number of nitrogens with one attached hydrogen (secondary N) is 2. The van der Waals surface area contributed by atoms with Crippen molar-refractivity contribution >= 4 is 39.3 Å². The predicted octanol–water partition coefficient (Wildman–Crippen LogP) is 2.82. The summed E-state index contributed by atoms with van der Waals surface area (Å²) in [5.41, 5.74) is 0. The highest BCUT2D eigenvalue weighted by Crippen LogP contribution is 2.28. The summed E-state index contributed by atoms with van der Waals surface area (Å²) < 4.78 is 19.3. The van der Waals surface area contributed by atoms with Crippen LogP contribution in [0.4, 0.5) is 9.18 Å². The molecule has 0 saturated carbocycles. The van der Waals surface area contributed by atoms with Gasteiger partial charge in [-0.1, -0.05) is 6.07 Å². The van der Waals surface area contributed by atoms with Gasteiger partial charge in [0.1, 0.15) is 10.7 Å². The van der Waals surface area contributed by atoms with Gasteiger partial charge in [-0.3, -0.25) is 10.1 Å². The monoisotopic (exact) mass is 352 g/mol. The van der Waals surface area contributed by atoms with Gasteiger partial charge in [-0.05, 0) is 39.0 Å². The van der Waals surface area contributed by atoms with E-state index >= 15 is 0 Å². The number of imide groups is 1. The summed E-state index contributed by atoms with van der Waals surface area (Å²) in [6.45, 7) is 4.84. The molecule has 0 saturated heterocycles. The highest BCUT2D eigenvalue weighted by Gasteiger charge is 2.22. The molecule has 0 bridgehead atoms. The number of urea groups is 1. The van der Waals surface area contributed by atoms with E-state index in [0.717, 1.165) is 11.3 Å². The number of hydrogen-bond donors (Lipinski definition) is 2. The predicted molar refractivity (Wildman–Crippen MR) is 88.5 cm³/mol. The first-order chi connectivity index (χ1) is 11.3. The zero-order chi connectivity index (χ0) is 17.9. The van der Waals surface area contributed by atoms with Crippen molar-refractivity contribution in [2.45, 2.75) is 32.9 Å². The van der Waals surface area contributed by atoms with E-state index in [9.17, 15) is 18.8 Å². The number of amides is 3. The maximum atomic E-state index is 13.6. The van der Waals surface area contributed by atoms with Crippen LogP contribution in [0.1, 0.15) is 30.4 Å². The minimum absolute atomic E-state index is 0.135. The number of carbonyl (C=O) groups excluding carboxylic acids is 3. The molecule has 0 spiro atoms. The minimum atomic E-state index is -1.16. The second kappa shape index (κ2) is 7.39. The van der Waals surface area contributed by atoms with Gasteiger partial charge in [-0.15, -0.1) is 11.3 Å². The van der Waals surface area contributed by atoms with E-state index in [0.29, 0.717) is 10.1 Å². The fourth-order valence-electron chi connectivity index (χ4n) is 1.91. The Morgan fingerprint density at radius 1 is 1.21 bits per heavy atom. The van der Waals surface area contributed by atoms with E-state index in [1.54, 1.807) is 26.0 Å². The molecule has 2 rings (SSSR count). The van der Waals surface area contributed by atoms with Crippen LogP contribution in [0.3, 0.4) is 0 Å². The van der Waals surface area contributed by atoms with Crippen LogP contribution in [0, 0.1) is 5.82 Å². The molecule has 2 N–H and O–H groups in total. The van der Waals surface area contributed by atoms with E-state index in [-0.39, 0.29) is 10.9 Å². The van der Waals surface area contributed by atoms with Crippen LogP contribution in [-0.2, 0) is 9.53 Å². The highest BCUT2D eigenvalue weighted by molar-refractivity contribution is 7.20. The van der Waals surface area contributed by atoms with Crippen LogP contribution in [0.25, 0.3) is 10.1 Å². The number of thiophene rings is 1. The Bertz CT molecular complexity index is 787. The largest absolute Gasteiger partial charge is 0.448 e. The van der Waals surface area contributed by atoms with Crippen molar-refractivity contribution in [3.63, 3.8) is 0 Å². The van der Waals surface area contributed by atoms with Gasteiger partial charge >= 0.3 is 12.0 Å². The Balaban J connectivity index is 2.01. The number of carbonyl (C=O) groups is 3. The highest BCUT2D eigenvalue weighted by atomic mass is 32.1. The first-order valence-electron chi connectivity index (χ1n) is 7.28. The Hall–Kier alpha value is -2.48. The lowest BCUT2D eigenvalue weighted by molar-refractivity contribution is -0.127. The van der Waals surface area contributed by atoms with E-state index in [1.165, 1.54) is 19.1 Å². The van der Waals surface area contributed by atoms with Gasteiger partial charge in [0.05, 0.1) is 0 Å². The minimum Gasteiger partial charge on any atom is -0.448 e. The van der Waals surface area contributed by atoms with Crippen molar-refractivity contribution in [2.24, 2.45) is 0 Å². The van der Waals surface area contributed by atoms with E-state index in [1.807, 2.05) is 0 Å². The number of esters is 1. The summed E-state index contributed by atoms with van der Waals surface area (Å²) in [7, 11) is 0. The molecule has 128 valence electrons. The summed E-state index contributed by atoms with van der Waals surface area (Å²) in [6.07, 6.45) is -1.16. The number of rotatable bonds is 4. The van der Waals surface area contributed by atoms with Crippen LogP contribution in [0.15, 0.2) is 24.3 Å². The maximum Gasteiger partial charge on any atom is 0.349 e. The summed E-state index contributed by atoms with van der Waals surface area (Å²) in [4.78, 5) is 35.5. The molecule has 0 fully saturated rings. The second-order valence-corrected chi connectivity index (χ2v) is 6.51. The Morgan fingerprint density at radius 3 is 2.54 bits per heavy atom. The zero-order valence-electron chi connectivity index (χ0n) is 13.4. The molecule has 3 amide bonds. The molecule has 24 heavy (non-hydrogen) atoms. The summed E-state index contributed by atoms with van der Waals surface area (Å²) in [5.74, 6) is -1.92. The van der Waals surface area contributed by atoms with Gasteiger partial charge in [0.15, 0.2) is 6.10 Å². The molecule has 0 aliphatic rings. The maximum absolute atomic E-state index is 13.6. The number of fused-ring (bicyclic) bond motifs is 1. The molecular weight excluding hydrogens is 335 g/mol. The average molecular weight is 352 g/mol. The van der Waals surface area contributed by atoms with Gasteiger partial charge in [0.25, 0.3) is 5.91 Å². The molecule has 0 aliphatic heterocycles. The molecule has 1 heterocycles. The first-order valence-corrected chi connectivity index (χ1v) is 8.10. The van der Waals surface area contributed by atoms with Crippen molar-refractivity contribution in [1.29, 1.82) is 0 Å². The van der Waals surface area contributed by atoms with E-state index in [4.69, 9.17) is 4.74 Å². The summed E-state index contributed by atoms with van der Waals surface area (Å²) in [5, 5.41) is 4.89. The smallest absolute Gasteiger partial charge is 0.349 e. The van der Waals surface area contributed by atoms with Crippen LogP contribution >= 0.6 is 11.3 Å². The molecule has 6 nitrogen and oxygen atoms in total. The van der Waals surface area contributed by atoms with Gasteiger partial charge in [0.2, 0.25) is 0 Å². The number of hydrogen-bond acceptors (Lipinski definition) is 5. The van der Waals surface area contributed by atoms with Crippen molar-refractivity contribution in [2.75, 3.05) is 0 Å². The second-order valence-electron chi connectivity index (χ2n) is 5.43. The molecule has 2 aromatic rings. The van der Waals surface area contributed by atoms with Crippen LogP contribution in [-0.4, -0.2) is 30.1 Å².